The lowest BCUT2D eigenvalue weighted by atomic mass is 10.3. The first kappa shape index (κ1) is 14.4. The van der Waals surface area contributed by atoms with E-state index in [9.17, 15) is 10.1 Å². The van der Waals surface area contributed by atoms with Crippen LogP contribution in [0.5, 0.6) is 0 Å². The summed E-state index contributed by atoms with van der Waals surface area (Å²) in [5.41, 5.74) is 0. The zero-order valence-corrected chi connectivity index (χ0v) is 12.3. The van der Waals surface area contributed by atoms with Gasteiger partial charge in [-0.15, -0.1) is 0 Å². The lowest BCUT2D eigenvalue weighted by Crippen LogP contribution is -2.57. The highest BCUT2D eigenvalue weighted by atomic mass is 35.5. The Kier molecular flexibility index (Phi) is 4.48. The molecule has 0 aromatic carbocycles. The first-order valence-electron chi connectivity index (χ1n) is 5.70. The smallest absolute Gasteiger partial charge is 0.275 e. The fourth-order valence-corrected chi connectivity index (χ4v) is 3.42. The number of halogens is 1. The van der Waals surface area contributed by atoms with Crippen molar-refractivity contribution in [1.82, 2.24) is 14.7 Å². The van der Waals surface area contributed by atoms with Crippen molar-refractivity contribution < 1.29 is 5.03 Å². The molecule has 0 bridgehead atoms. The van der Waals surface area contributed by atoms with Crippen molar-refractivity contribution >= 4 is 33.8 Å². The van der Waals surface area contributed by atoms with Gasteiger partial charge in [0.15, 0.2) is 9.54 Å². The van der Waals surface area contributed by atoms with Gasteiger partial charge in [0.05, 0.1) is 19.9 Å². The van der Waals surface area contributed by atoms with Crippen LogP contribution in [0.3, 0.4) is 0 Å². The van der Waals surface area contributed by atoms with E-state index in [1.54, 1.807) is 11.9 Å². The molecule has 10 heteroatoms. The molecule has 2 aliphatic heterocycles. The molecule has 0 N–H and O–H groups in total. The van der Waals surface area contributed by atoms with Gasteiger partial charge in [-0.25, -0.2) is 10.1 Å². The molecular formula is C9H15ClN6O2S. The van der Waals surface area contributed by atoms with E-state index < -0.39 is 5.03 Å². The largest absolute Gasteiger partial charge is 0.328 e. The first-order valence-corrected chi connectivity index (χ1v) is 6.95. The summed E-state index contributed by atoms with van der Waals surface area (Å²) in [6, 6.07) is 0. The van der Waals surface area contributed by atoms with Gasteiger partial charge >= 0.3 is 0 Å². The number of hydrogen-bond donors (Lipinski definition) is 0. The second-order valence-electron chi connectivity index (χ2n) is 4.53. The number of thioether (sulfide) groups is 1. The molecule has 1 fully saturated rings. The maximum Gasteiger partial charge on any atom is 0.275 e. The van der Waals surface area contributed by atoms with E-state index in [0.29, 0.717) is 36.9 Å². The number of nitro groups is 1. The zero-order chi connectivity index (χ0) is 14.0. The van der Waals surface area contributed by atoms with Crippen LogP contribution in [-0.2, 0) is 0 Å². The third-order valence-electron chi connectivity index (χ3n) is 2.77. The second kappa shape index (κ2) is 5.93. The highest BCUT2D eigenvalue weighted by Gasteiger charge is 2.30. The fraction of sp³-hybridized carbons (Fsp3) is 0.778. The highest BCUT2D eigenvalue weighted by Crippen LogP contribution is 2.25. The molecule has 1 atom stereocenters. The summed E-state index contributed by atoms with van der Waals surface area (Å²) < 4.78 is 0.552. The van der Waals surface area contributed by atoms with Crippen molar-refractivity contribution in [1.29, 1.82) is 0 Å². The average molecular weight is 307 g/mol. The molecule has 1 saturated heterocycles. The summed E-state index contributed by atoms with van der Waals surface area (Å²) in [6.07, 6.45) is 0. The molecule has 2 rings (SSSR count). The Bertz CT molecular complexity index is 431. The molecule has 0 amide bonds. The molecule has 2 aliphatic rings. The molecule has 19 heavy (non-hydrogen) atoms. The fourth-order valence-electron chi connectivity index (χ4n) is 2.14. The van der Waals surface area contributed by atoms with Crippen LogP contribution in [0.2, 0.25) is 0 Å². The maximum absolute atomic E-state index is 10.6. The molecule has 8 nitrogen and oxygen atoms in total. The van der Waals surface area contributed by atoms with Crippen LogP contribution in [0.15, 0.2) is 10.1 Å². The van der Waals surface area contributed by atoms with E-state index in [-0.39, 0.29) is 5.25 Å². The van der Waals surface area contributed by atoms with Crippen LogP contribution in [0.25, 0.3) is 0 Å². The Morgan fingerprint density at radius 3 is 2.89 bits per heavy atom. The monoisotopic (exact) mass is 306 g/mol. The Morgan fingerprint density at radius 1 is 1.58 bits per heavy atom. The van der Waals surface area contributed by atoms with Crippen molar-refractivity contribution in [2.75, 3.05) is 40.5 Å². The van der Waals surface area contributed by atoms with E-state index in [4.69, 9.17) is 11.6 Å². The number of hydrogen-bond acceptors (Lipinski definition) is 5. The Morgan fingerprint density at radius 2 is 2.32 bits per heavy atom. The van der Waals surface area contributed by atoms with E-state index in [2.05, 4.69) is 15.0 Å². The third-order valence-corrected chi connectivity index (χ3v) is 4.11. The van der Waals surface area contributed by atoms with Gasteiger partial charge in [0.1, 0.15) is 5.10 Å². The zero-order valence-electron chi connectivity index (χ0n) is 10.7. The summed E-state index contributed by atoms with van der Waals surface area (Å²) in [7, 11) is 3.74. The lowest BCUT2D eigenvalue weighted by Gasteiger charge is -2.40. The molecule has 2 heterocycles. The van der Waals surface area contributed by atoms with Crippen molar-refractivity contribution in [3.8, 4) is 0 Å². The summed E-state index contributed by atoms with van der Waals surface area (Å²) in [4.78, 5) is 20.5. The molecule has 0 aromatic rings. The van der Waals surface area contributed by atoms with Gasteiger partial charge in [-0.1, -0.05) is 23.4 Å². The molecular weight excluding hydrogens is 292 g/mol. The van der Waals surface area contributed by atoms with Crippen LogP contribution in [0.4, 0.5) is 0 Å². The molecule has 0 aromatic heterocycles. The van der Waals surface area contributed by atoms with Crippen LogP contribution in [0, 0.1) is 10.1 Å². The van der Waals surface area contributed by atoms with Gasteiger partial charge in [0, 0.05) is 18.8 Å². The predicted molar refractivity (Wildman–Crippen MR) is 75.9 cm³/mol. The number of guanidine groups is 1. The molecule has 0 saturated carbocycles. The molecule has 106 valence electrons. The third kappa shape index (κ3) is 3.71. The van der Waals surface area contributed by atoms with Crippen molar-refractivity contribution in [3.63, 3.8) is 0 Å². The summed E-state index contributed by atoms with van der Waals surface area (Å²) in [5.74, 6) is 0.381. The van der Waals surface area contributed by atoms with Gasteiger partial charge in [-0.3, -0.25) is 9.89 Å². The summed E-state index contributed by atoms with van der Waals surface area (Å²) >= 11 is 7.33. The van der Waals surface area contributed by atoms with E-state index in [1.165, 1.54) is 11.8 Å². The standard InChI is InChI=1S/C9H15ClN6O2S/c1-13-5-14(2)9(12-16(17)18)15(6-13)4-7-3-11-8(10)19-7/h7H,3-6H2,1-2H3. The first-order chi connectivity index (χ1) is 8.95. The van der Waals surface area contributed by atoms with Gasteiger partial charge in [0.25, 0.3) is 5.96 Å². The Balaban J connectivity index is 2.07. The normalized spacial score (nSPS) is 27.0. The molecule has 0 spiro atoms. The second-order valence-corrected chi connectivity index (χ2v) is 6.40. The lowest BCUT2D eigenvalue weighted by molar-refractivity contribution is -0.486. The quantitative estimate of drug-likeness (QED) is 0.553. The van der Waals surface area contributed by atoms with Gasteiger partial charge < -0.3 is 9.80 Å². The Hall–Kier alpha value is -1.06. The summed E-state index contributed by atoms with van der Waals surface area (Å²) in [5, 5.41) is 13.7. The minimum absolute atomic E-state index is 0.212. The molecule has 1 unspecified atom stereocenters. The van der Waals surface area contributed by atoms with E-state index in [0.717, 1.165) is 0 Å². The summed E-state index contributed by atoms with van der Waals surface area (Å²) in [6.45, 7) is 2.48. The molecule has 0 aliphatic carbocycles. The van der Waals surface area contributed by atoms with Crippen LogP contribution < -0.4 is 0 Å². The number of rotatable bonds is 3. The SMILES string of the molecule is CN1CN(C)C(=N[N+](=O)[O-])N(CC2CN=C(Cl)S2)C1. The van der Waals surface area contributed by atoms with Gasteiger partial charge in [0.2, 0.25) is 0 Å². The van der Waals surface area contributed by atoms with Crippen LogP contribution >= 0.6 is 23.4 Å². The number of hydrazone groups is 1. The van der Waals surface area contributed by atoms with Crippen molar-refractivity contribution in [2.24, 2.45) is 10.1 Å². The van der Waals surface area contributed by atoms with Crippen LogP contribution in [0.1, 0.15) is 0 Å². The van der Waals surface area contributed by atoms with Crippen LogP contribution in [-0.4, -0.2) is 76.0 Å². The van der Waals surface area contributed by atoms with E-state index in [1.807, 2.05) is 11.9 Å². The number of nitrogens with zero attached hydrogens (tertiary/aromatic N) is 6. The average Bonchev–Trinajstić information content (AvgIpc) is 2.69. The number of aliphatic imine (C=N–C) groups is 1. The predicted octanol–water partition coefficient (Wildman–Crippen LogP) is 0.339. The van der Waals surface area contributed by atoms with Crippen molar-refractivity contribution in [3.05, 3.63) is 10.1 Å². The highest BCUT2D eigenvalue weighted by molar-refractivity contribution is 8.17. The topological polar surface area (TPSA) is 77.6 Å². The minimum atomic E-state index is -0.657. The van der Waals surface area contributed by atoms with E-state index >= 15 is 0 Å². The maximum atomic E-state index is 10.6. The Labute approximate surface area is 120 Å². The van der Waals surface area contributed by atoms with Gasteiger partial charge in [-0.05, 0) is 7.05 Å². The minimum Gasteiger partial charge on any atom is -0.328 e. The van der Waals surface area contributed by atoms with Gasteiger partial charge in [-0.2, -0.15) is 0 Å². The van der Waals surface area contributed by atoms with Crippen molar-refractivity contribution in [2.45, 2.75) is 5.25 Å². The molecule has 0 radical (unpaired) electrons.